The molecule has 0 spiro atoms. The van der Waals surface area contributed by atoms with Crippen LogP contribution in [0.3, 0.4) is 0 Å². The van der Waals surface area contributed by atoms with Crippen LogP contribution in [0.25, 0.3) is 22.6 Å². The van der Waals surface area contributed by atoms with Crippen molar-refractivity contribution in [3.05, 3.63) is 60.0 Å². The summed E-state index contributed by atoms with van der Waals surface area (Å²) in [5.41, 5.74) is 10.5. The van der Waals surface area contributed by atoms with Crippen LogP contribution in [0.4, 0.5) is 5.82 Å². The summed E-state index contributed by atoms with van der Waals surface area (Å²) in [6.07, 6.45) is 5.53. The molecule has 33 heavy (non-hydrogen) atoms. The van der Waals surface area contributed by atoms with Gasteiger partial charge in [-0.3, -0.25) is 0 Å². The maximum Gasteiger partial charge on any atom is 0.245 e. The number of hydrogen-bond donors (Lipinski definition) is 1. The molecule has 3 aromatic heterocycles. The Kier molecular flexibility index (Phi) is 4.58. The third-order valence-corrected chi connectivity index (χ3v) is 6.55. The van der Waals surface area contributed by atoms with Crippen molar-refractivity contribution in [3.63, 3.8) is 0 Å². The molecule has 1 saturated heterocycles. The highest BCUT2D eigenvalue weighted by Crippen LogP contribution is 2.41. The first-order valence-corrected chi connectivity index (χ1v) is 11.4. The minimum atomic E-state index is -0.151. The van der Waals surface area contributed by atoms with Crippen molar-refractivity contribution >= 4 is 17.0 Å². The molecule has 1 aliphatic heterocycles. The molecule has 1 aliphatic carbocycles. The summed E-state index contributed by atoms with van der Waals surface area (Å²) in [5, 5.41) is 0. The van der Waals surface area contributed by atoms with Gasteiger partial charge < -0.3 is 19.9 Å². The molecule has 0 bridgehead atoms. The first-order chi connectivity index (χ1) is 16.0. The van der Waals surface area contributed by atoms with Crippen LogP contribution < -0.4 is 15.4 Å². The van der Waals surface area contributed by atoms with Crippen molar-refractivity contribution < 1.29 is 4.74 Å². The summed E-state index contributed by atoms with van der Waals surface area (Å²) < 4.78 is 8.37. The molecule has 1 saturated carbocycles. The van der Waals surface area contributed by atoms with E-state index in [-0.39, 0.29) is 11.6 Å². The number of imidazole rings is 1. The molecule has 4 aromatic rings. The van der Waals surface area contributed by atoms with Gasteiger partial charge in [-0.15, -0.1) is 0 Å². The molecule has 8 heteroatoms. The normalized spacial score (nSPS) is 17.2. The lowest BCUT2D eigenvalue weighted by Gasteiger charge is -2.38. The molecule has 168 valence electrons. The van der Waals surface area contributed by atoms with Crippen LogP contribution >= 0.6 is 0 Å². The number of rotatable bonds is 6. The Morgan fingerprint density at radius 3 is 2.61 bits per heavy atom. The van der Waals surface area contributed by atoms with Gasteiger partial charge in [0.2, 0.25) is 5.88 Å². The Labute approximate surface area is 192 Å². The van der Waals surface area contributed by atoms with Crippen molar-refractivity contribution in [3.8, 4) is 17.3 Å². The van der Waals surface area contributed by atoms with Gasteiger partial charge in [0.05, 0.1) is 6.54 Å². The third-order valence-electron chi connectivity index (χ3n) is 6.55. The van der Waals surface area contributed by atoms with E-state index >= 15 is 0 Å². The second-order valence-corrected chi connectivity index (χ2v) is 9.43. The monoisotopic (exact) mass is 441 g/mol. The number of nitrogens with two attached hydrogens (primary N) is 1. The van der Waals surface area contributed by atoms with E-state index in [1.165, 1.54) is 5.56 Å². The fraction of sp³-hybridized carbons (Fsp3) is 0.360. The van der Waals surface area contributed by atoms with Crippen molar-refractivity contribution in [1.29, 1.82) is 0 Å². The lowest BCUT2D eigenvalue weighted by atomic mass is 10.1. The fourth-order valence-electron chi connectivity index (χ4n) is 4.27. The summed E-state index contributed by atoms with van der Waals surface area (Å²) in [6, 6.07) is 12.7. The zero-order chi connectivity index (χ0) is 22.6. The Bertz CT molecular complexity index is 1320. The van der Waals surface area contributed by atoms with Crippen LogP contribution in [0.15, 0.2) is 48.9 Å². The molecular formula is C25H27N7O. The molecule has 2 fully saturated rings. The summed E-state index contributed by atoms with van der Waals surface area (Å²) in [7, 11) is 0. The van der Waals surface area contributed by atoms with Crippen LogP contribution in [-0.2, 0) is 6.54 Å². The predicted octanol–water partition coefficient (Wildman–Crippen LogP) is 3.32. The molecule has 6 rings (SSSR count). The highest BCUT2D eigenvalue weighted by atomic mass is 16.5. The molecule has 0 radical (unpaired) electrons. The van der Waals surface area contributed by atoms with Gasteiger partial charge in [-0.25, -0.2) is 15.0 Å². The van der Waals surface area contributed by atoms with Gasteiger partial charge in [-0.05, 0) is 43.9 Å². The van der Waals surface area contributed by atoms with Gasteiger partial charge in [-0.1, -0.05) is 30.3 Å². The minimum absolute atomic E-state index is 0.151. The number of benzene rings is 1. The fourth-order valence-corrected chi connectivity index (χ4v) is 4.27. The molecule has 0 unspecified atom stereocenters. The average molecular weight is 442 g/mol. The van der Waals surface area contributed by atoms with Crippen molar-refractivity contribution in [2.24, 2.45) is 5.73 Å². The summed E-state index contributed by atoms with van der Waals surface area (Å²) >= 11 is 0. The lowest BCUT2D eigenvalue weighted by Crippen LogP contribution is -2.56. The Morgan fingerprint density at radius 2 is 1.91 bits per heavy atom. The number of fused-ring (bicyclic) bond motifs is 1. The van der Waals surface area contributed by atoms with Gasteiger partial charge in [0, 0.05) is 30.9 Å². The second-order valence-electron chi connectivity index (χ2n) is 9.43. The van der Waals surface area contributed by atoms with Crippen LogP contribution in [0.2, 0.25) is 0 Å². The topological polar surface area (TPSA) is 95.0 Å². The van der Waals surface area contributed by atoms with E-state index in [1.807, 2.05) is 24.4 Å². The molecule has 4 heterocycles. The van der Waals surface area contributed by atoms with E-state index in [1.54, 1.807) is 6.33 Å². The summed E-state index contributed by atoms with van der Waals surface area (Å²) in [6.45, 7) is 6.53. The zero-order valence-electron chi connectivity index (χ0n) is 18.9. The van der Waals surface area contributed by atoms with Crippen LogP contribution in [0, 0.1) is 6.92 Å². The SMILES string of the molecule is Cc1cc(N2CC(N)C2)ncc1-c1nc2c(OC3(C)CC3)ncnc2n1Cc1ccccc1. The quantitative estimate of drug-likeness (QED) is 0.490. The molecule has 8 nitrogen and oxygen atoms in total. The second kappa shape index (κ2) is 7.52. The van der Waals surface area contributed by atoms with E-state index in [0.717, 1.165) is 54.3 Å². The minimum Gasteiger partial charge on any atom is -0.470 e. The van der Waals surface area contributed by atoms with Gasteiger partial charge >= 0.3 is 0 Å². The van der Waals surface area contributed by atoms with Crippen molar-refractivity contribution in [2.45, 2.75) is 44.9 Å². The third kappa shape index (κ3) is 3.70. The first-order valence-electron chi connectivity index (χ1n) is 11.4. The smallest absolute Gasteiger partial charge is 0.245 e. The number of hydrogen-bond acceptors (Lipinski definition) is 7. The van der Waals surface area contributed by atoms with Crippen LogP contribution in [0.5, 0.6) is 5.88 Å². The Balaban J connectivity index is 1.47. The van der Waals surface area contributed by atoms with E-state index in [9.17, 15) is 0 Å². The molecular weight excluding hydrogens is 414 g/mol. The Hall–Kier alpha value is -3.52. The van der Waals surface area contributed by atoms with E-state index in [2.05, 4.69) is 51.5 Å². The number of anilines is 1. The standard InChI is InChI=1S/C25H27N7O/c1-16-10-20(31-13-18(26)14-31)27-11-19(16)22-30-21-23(32(22)12-17-6-4-3-5-7-17)28-15-29-24(21)33-25(2)8-9-25/h3-7,10-11,15,18H,8-9,12-14,26H2,1-2H3. The molecule has 0 atom stereocenters. The molecule has 0 amide bonds. The van der Waals surface area contributed by atoms with Gasteiger partial charge in [0.25, 0.3) is 0 Å². The number of ether oxygens (including phenoxy) is 1. The van der Waals surface area contributed by atoms with Crippen molar-refractivity contribution in [2.75, 3.05) is 18.0 Å². The number of aromatic nitrogens is 5. The maximum atomic E-state index is 6.23. The van der Waals surface area contributed by atoms with Crippen LogP contribution in [-0.4, -0.2) is 49.2 Å². The first kappa shape index (κ1) is 20.1. The highest BCUT2D eigenvalue weighted by molar-refractivity contribution is 5.82. The maximum absolute atomic E-state index is 6.23. The molecule has 1 aromatic carbocycles. The number of nitrogens with zero attached hydrogens (tertiary/aromatic N) is 6. The van der Waals surface area contributed by atoms with E-state index in [4.69, 9.17) is 20.4 Å². The summed E-state index contributed by atoms with van der Waals surface area (Å²) in [5.74, 6) is 2.32. The highest BCUT2D eigenvalue weighted by Gasteiger charge is 2.41. The van der Waals surface area contributed by atoms with E-state index < -0.39 is 0 Å². The van der Waals surface area contributed by atoms with Gasteiger partial charge in [0.15, 0.2) is 11.2 Å². The van der Waals surface area contributed by atoms with E-state index in [0.29, 0.717) is 17.9 Å². The van der Waals surface area contributed by atoms with Crippen LogP contribution in [0.1, 0.15) is 30.9 Å². The molecule has 2 N–H and O–H groups in total. The number of pyridine rings is 1. The number of aryl methyl sites for hydroxylation is 1. The Morgan fingerprint density at radius 1 is 1.12 bits per heavy atom. The zero-order valence-corrected chi connectivity index (χ0v) is 18.9. The average Bonchev–Trinajstić information content (AvgIpc) is 3.41. The van der Waals surface area contributed by atoms with Crippen molar-refractivity contribution in [1.82, 2.24) is 24.5 Å². The lowest BCUT2D eigenvalue weighted by molar-refractivity contribution is 0.194. The predicted molar refractivity (Wildman–Crippen MR) is 127 cm³/mol. The van der Waals surface area contributed by atoms with Gasteiger partial charge in [0.1, 0.15) is 23.6 Å². The largest absolute Gasteiger partial charge is 0.470 e. The summed E-state index contributed by atoms with van der Waals surface area (Å²) in [4.78, 5) is 21.0. The molecule has 2 aliphatic rings. The van der Waals surface area contributed by atoms with Gasteiger partial charge in [-0.2, -0.15) is 4.98 Å².